The highest BCUT2D eigenvalue weighted by atomic mass is 16.7. The molecule has 5 heteroatoms. The van der Waals surface area contributed by atoms with Crippen LogP contribution in [-0.2, 0) is 0 Å². The largest absolute Gasteiger partial charge is 0.453 e. The minimum atomic E-state index is 0.0369. The molecule has 0 aromatic heterocycles. The van der Waals surface area contributed by atoms with Crippen LogP contribution in [0.3, 0.4) is 0 Å². The molecule has 0 bridgehead atoms. The zero-order valence-corrected chi connectivity index (χ0v) is 11.3. The molecule has 1 fully saturated rings. The lowest BCUT2D eigenvalue weighted by molar-refractivity contribution is 0.0659. The Balaban J connectivity index is 1.87. The summed E-state index contributed by atoms with van der Waals surface area (Å²) in [4.78, 5) is 16.7. The van der Waals surface area contributed by atoms with E-state index in [1.807, 2.05) is 24.0 Å². The highest BCUT2D eigenvalue weighted by Gasteiger charge is 2.28. The summed E-state index contributed by atoms with van der Waals surface area (Å²) in [6, 6.07) is 3.75. The standard InChI is InChI=1S/C14H18N2O3/c1-10-3-4-11(13-12(10)18-9-19-13)14(17)16-7-5-15(2)6-8-16/h3-4H,5-9H2,1-2H3. The first-order valence-electron chi connectivity index (χ1n) is 6.54. The van der Waals surface area contributed by atoms with Crippen molar-refractivity contribution >= 4 is 5.91 Å². The van der Waals surface area contributed by atoms with Crippen molar-refractivity contribution in [1.82, 2.24) is 9.80 Å². The molecule has 5 nitrogen and oxygen atoms in total. The van der Waals surface area contributed by atoms with E-state index in [2.05, 4.69) is 11.9 Å². The molecule has 0 unspecified atom stereocenters. The molecule has 0 spiro atoms. The van der Waals surface area contributed by atoms with E-state index < -0.39 is 0 Å². The number of amides is 1. The molecule has 1 saturated heterocycles. The first-order chi connectivity index (χ1) is 9.16. The van der Waals surface area contributed by atoms with Gasteiger partial charge in [-0.1, -0.05) is 6.07 Å². The third-order valence-electron chi connectivity index (χ3n) is 3.74. The summed E-state index contributed by atoms with van der Waals surface area (Å²) >= 11 is 0. The fourth-order valence-corrected chi connectivity index (χ4v) is 2.48. The Morgan fingerprint density at radius 2 is 1.79 bits per heavy atom. The number of carbonyl (C=O) groups is 1. The second-order valence-corrected chi connectivity index (χ2v) is 5.09. The fraction of sp³-hybridized carbons (Fsp3) is 0.500. The number of fused-ring (bicyclic) bond motifs is 1. The predicted octanol–water partition coefficient (Wildman–Crippen LogP) is 1.11. The van der Waals surface area contributed by atoms with Gasteiger partial charge in [-0.15, -0.1) is 0 Å². The van der Waals surface area contributed by atoms with Crippen molar-refractivity contribution in [1.29, 1.82) is 0 Å². The molecule has 19 heavy (non-hydrogen) atoms. The van der Waals surface area contributed by atoms with Crippen molar-refractivity contribution in [2.45, 2.75) is 6.92 Å². The average molecular weight is 262 g/mol. The van der Waals surface area contributed by atoms with Gasteiger partial charge in [0.1, 0.15) is 0 Å². The fourth-order valence-electron chi connectivity index (χ4n) is 2.48. The summed E-state index contributed by atoms with van der Waals surface area (Å²) in [6.07, 6.45) is 0. The third kappa shape index (κ3) is 2.14. The van der Waals surface area contributed by atoms with Crippen molar-refractivity contribution < 1.29 is 14.3 Å². The molecule has 0 radical (unpaired) electrons. The topological polar surface area (TPSA) is 42.0 Å². The predicted molar refractivity (Wildman–Crippen MR) is 70.7 cm³/mol. The third-order valence-corrected chi connectivity index (χ3v) is 3.74. The molecular weight excluding hydrogens is 244 g/mol. The van der Waals surface area contributed by atoms with Gasteiger partial charge in [0.25, 0.3) is 5.91 Å². The van der Waals surface area contributed by atoms with E-state index in [-0.39, 0.29) is 12.7 Å². The van der Waals surface area contributed by atoms with Gasteiger partial charge >= 0.3 is 0 Å². The number of piperazine rings is 1. The van der Waals surface area contributed by atoms with Crippen LogP contribution in [-0.4, -0.2) is 55.7 Å². The van der Waals surface area contributed by atoms with Crippen LogP contribution in [0.25, 0.3) is 0 Å². The lowest BCUT2D eigenvalue weighted by Crippen LogP contribution is -2.47. The normalized spacial score (nSPS) is 18.7. The Morgan fingerprint density at radius 1 is 1.11 bits per heavy atom. The van der Waals surface area contributed by atoms with Crippen LogP contribution in [0, 0.1) is 6.92 Å². The molecule has 102 valence electrons. The van der Waals surface area contributed by atoms with Crippen molar-refractivity contribution in [2.24, 2.45) is 0 Å². The Bertz CT molecular complexity index is 508. The van der Waals surface area contributed by atoms with E-state index in [0.717, 1.165) is 31.7 Å². The minimum Gasteiger partial charge on any atom is -0.453 e. The second kappa shape index (κ2) is 4.74. The zero-order chi connectivity index (χ0) is 13.4. The van der Waals surface area contributed by atoms with E-state index in [9.17, 15) is 4.79 Å². The van der Waals surface area contributed by atoms with Gasteiger partial charge in [-0.2, -0.15) is 0 Å². The van der Waals surface area contributed by atoms with E-state index in [4.69, 9.17) is 9.47 Å². The monoisotopic (exact) mass is 262 g/mol. The number of hydrogen-bond acceptors (Lipinski definition) is 4. The summed E-state index contributed by atoms with van der Waals surface area (Å²) < 4.78 is 10.9. The van der Waals surface area contributed by atoms with Gasteiger partial charge in [0.2, 0.25) is 6.79 Å². The van der Waals surface area contributed by atoms with Crippen molar-refractivity contribution in [3.05, 3.63) is 23.3 Å². The van der Waals surface area contributed by atoms with E-state index in [0.29, 0.717) is 17.1 Å². The maximum atomic E-state index is 12.5. The summed E-state index contributed by atoms with van der Waals surface area (Å²) in [5, 5.41) is 0. The zero-order valence-electron chi connectivity index (χ0n) is 11.3. The number of benzene rings is 1. The molecule has 2 aliphatic heterocycles. The minimum absolute atomic E-state index is 0.0369. The lowest BCUT2D eigenvalue weighted by Gasteiger charge is -2.32. The van der Waals surface area contributed by atoms with Crippen LogP contribution in [0.5, 0.6) is 11.5 Å². The number of carbonyl (C=O) groups excluding carboxylic acids is 1. The Morgan fingerprint density at radius 3 is 2.53 bits per heavy atom. The van der Waals surface area contributed by atoms with Crippen LogP contribution in [0.15, 0.2) is 12.1 Å². The number of ether oxygens (including phenoxy) is 2. The van der Waals surface area contributed by atoms with Crippen LogP contribution in [0.1, 0.15) is 15.9 Å². The summed E-state index contributed by atoms with van der Waals surface area (Å²) in [6.45, 7) is 5.51. The molecule has 2 aliphatic rings. The van der Waals surface area contributed by atoms with Gasteiger partial charge in [0, 0.05) is 26.2 Å². The van der Waals surface area contributed by atoms with E-state index >= 15 is 0 Å². The molecule has 0 atom stereocenters. The Kier molecular flexibility index (Phi) is 3.06. The van der Waals surface area contributed by atoms with Crippen LogP contribution in [0.2, 0.25) is 0 Å². The van der Waals surface area contributed by atoms with Gasteiger partial charge < -0.3 is 19.3 Å². The first-order valence-corrected chi connectivity index (χ1v) is 6.54. The molecule has 0 aliphatic carbocycles. The highest BCUT2D eigenvalue weighted by molar-refractivity contribution is 5.98. The molecule has 0 N–H and O–H groups in total. The smallest absolute Gasteiger partial charge is 0.257 e. The molecular formula is C14H18N2O3. The Labute approximate surface area is 112 Å². The summed E-state index contributed by atoms with van der Waals surface area (Å²) in [5.41, 5.74) is 1.62. The van der Waals surface area contributed by atoms with Gasteiger partial charge in [0.15, 0.2) is 11.5 Å². The van der Waals surface area contributed by atoms with Crippen LogP contribution in [0.4, 0.5) is 0 Å². The SMILES string of the molecule is Cc1ccc(C(=O)N2CCN(C)CC2)c2c1OCO2. The van der Waals surface area contributed by atoms with E-state index in [1.54, 1.807) is 0 Å². The molecule has 2 heterocycles. The van der Waals surface area contributed by atoms with Crippen molar-refractivity contribution in [2.75, 3.05) is 40.0 Å². The summed E-state index contributed by atoms with van der Waals surface area (Å²) in [7, 11) is 2.07. The van der Waals surface area contributed by atoms with Gasteiger partial charge in [-0.25, -0.2) is 0 Å². The lowest BCUT2D eigenvalue weighted by atomic mass is 10.1. The second-order valence-electron chi connectivity index (χ2n) is 5.09. The number of nitrogens with zero attached hydrogens (tertiary/aromatic N) is 2. The molecule has 1 aromatic rings. The van der Waals surface area contributed by atoms with Gasteiger partial charge in [0.05, 0.1) is 5.56 Å². The summed E-state index contributed by atoms with van der Waals surface area (Å²) in [5.74, 6) is 1.35. The van der Waals surface area contributed by atoms with Crippen molar-refractivity contribution in [3.63, 3.8) is 0 Å². The number of aryl methyl sites for hydroxylation is 1. The van der Waals surface area contributed by atoms with Crippen molar-refractivity contribution in [3.8, 4) is 11.5 Å². The van der Waals surface area contributed by atoms with Gasteiger partial charge in [-0.05, 0) is 25.6 Å². The maximum absolute atomic E-state index is 12.5. The van der Waals surface area contributed by atoms with E-state index in [1.165, 1.54) is 0 Å². The van der Waals surface area contributed by atoms with Crippen LogP contribution < -0.4 is 9.47 Å². The Hall–Kier alpha value is -1.75. The molecule has 1 amide bonds. The first kappa shape index (κ1) is 12.3. The quantitative estimate of drug-likeness (QED) is 0.760. The molecule has 0 saturated carbocycles. The number of hydrogen-bond donors (Lipinski definition) is 0. The van der Waals surface area contributed by atoms with Gasteiger partial charge in [-0.3, -0.25) is 4.79 Å². The van der Waals surface area contributed by atoms with Crippen LogP contribution >= 0.6 is 0 Å². The molecule has 1 aromatic carbocycles. The molecule has 3 rings (SSSR count). The highest BCUT2D eigenvalue weighted by Crippen LogP contribution is 2.39. The number of rotatable bonds is 1. The average Bonchev–Trinajstić information content (AvgIpc) is 2.89. The number of likely N-dealkylation sites (N-methyl/N-ethyl adjacent to an activating group) is 1. The maximum Gasteiger partial charge on any atom is 0.257 e.